The van der Waals surface area contributed by atoms with Crippen LogP contribution in [0, 0.1) is 0 Å². The first kappa shape index (κ1) is 18.5. The van der Waals surface area contributed by atoms with Crippen LogP contribution in [0.15, 0.2) is 18.5 Å². The summed E-state index contributed by atoms with van der Waals surface area (Å²) in [6.45, 7) is 9.55. The van der Waals surface area contributed by atoms with E-state index < -0.39 is 0 Å². The molecule has 0 spiro atoms. The van der Waals surface area contributed by atoms with Crippen LogP contribution >= 0.6 is 11.3 Å². The molecular formula is C20H28N4O2S. The minimum absolute atomic E-state index is 0.123. The Labute approximate surface area is 164 Å². The second kappa shape index (κ2) is 7.64. The quantitative estimate of drug-likeness (QED) is 0.809. The Kier molecular flexibility index (Phi) is 5.23. The largest absolute Gasteiger partial charge is 0.350 e. The van der Waals surface area contributed by atoms with E-state index in [-0.39, 0.29) is 11.8 Å². The lowest BCUT2D eigenvalue weighted by molar-refractivity contribution is -0.131. The highest BCUT2D eigenvalue weighted by Crippen LogP contribution is 2.29. The summed E-state index contributed by atoms with van der Waals surface area (Å²) in [6, 6.07) is 2.45. The fourth-order valence-corrected chi connectivity index (χ4v) is 4.92. The number of aromatic nitrogens is 1. The maximum absolute atomic E-state index is 12.9. The van der Waals surface area contributed by atoms with Crippen LogP contribution in [0.3, 0.4) is 0 Å². The fourth-order valence-electron chi connectivity index (χ4n) is 3.88. The van der Waals surface area contributed by atoms with Crippen molar-refractivity contribution >= 4 is 33.2 Å². The summed E-state index contributed by atoms with van der Waals surface area (Å²) in [4.78, 5) is 32.1. The van der Waals surface area contributed by atoms with E-state index >= 15 is 0 Å². The van der Waals surface area contributed by atoms with E-state index in [0.717, 1.165) is 49.3 Å². The number of nitrogens with zero attached hydrogens (tertiary/aromatic N) is 4. The Balaban J connectivity index is 1.33. The van der Waals surface area contributed by atoms with Crippen molar-refractivity contribution in [1.82, 2.24) is 19.3 Å². The van der Waals surface area contributed by atoms with Gasteiger partial charge in [-0.25, -0.2) is 0 Å². The molecule has 146 valence electrons. The highest BCUT2D eigenvalue weighted by molar-refractivity contribution is 7.20. The van der Waals surface area contributed by atoms with Crippen LogP contribution in [0.25, 0.3) is 10.1 Å². The standard InChI is InChI=1S/C20H28N4O2S/c1-15(2)24-12-16-11-17(27-18(16)13-24)20(26)23-9-7-21(8-10-23)14-19(25)22-5-3-4-6-22/h11-13,15H,3-10,14H2,1-2H3. The average molecular weight is 389 g/mol. The molecule has 0 aromatic carbocycles. The molecule has 0 N–H and O–H groups in total. The number of carbonyl (C=O) groups is 2. The number of hydrogen-bond donors (Lipinski definition) is 0. The van der Waals surface area contributed by atoms with Gasteiger partial charge in [0, 0.05) is 63.1 Å². The average Bonchev–Trinajstić information content (AvgIpc) is 3.37. The van der Waals surface area contributed by atoms with Crippen molar-refractivity contribution < 1.29 is 9.59 Å². The molecule has 4 rings (SSSR count). The summed E-state index contributed by atoms with van der Waals surface area (Å²) in [6.07, 6.45) is 6.50. The highest BCUT2D eigenvalue weighted by Gasteiger charge is 2.26. The lowest BCUT2D eigenvalue weighted by atomic mass is 10.2. The first-order valence-corrected chi connectivity index (χ1v) is 10.7. The van der Waals surface area contributed by atoms with Crippen LogP contribution in [-0.4, -0.2) is 76.9 Å². The van der Waals surface area contributed by atoms with Crippen LogP contribution in [0.5, 0.6) is 0 Å². The number of piperazine rings is 1. The third-order valence-electron chi connectivity index (χ3n) is 5.63. The van der Waals surface area contributed by atoms with Crippen molar-refractivity contribution in [3.05, 3.63) is 23.3 Å². The summed E-state index contributed by atoms with van der Waals surface area (Å²) < 4.78 is 3.35. The SMILES string of the molecule is CC(C)n1cc2cc(C(=O)N3CCN(CC(=O)N4CCCC4)CC3)sc2c1. The molecule has 2 aliphatic heterocycles. The van der Waals surface area contributed by atoms with E-state index in [1.165, 1.54) is 4.70 Å². The molecule has 4 heterocycles. The second-order valence-corrected chi connectivity index (χ2v) is 8.97. The monoisotopic (exact) mass is 388 g/mol. The van der Waals surface area contributed by atoms with Crippen molar-refractivity contribution in [2.45, 2.75) is 32.7 Å². The Morgan fingerprint density at radius 3 is 2.33 bits per heavy atom. The van der Waals surface area contributed by atoms with Crippen molar-refractivity contribution in [2.24, 2.45) is 0 Å². The predicted molar refractivity (Wildman–Crippen MR) is 108 cm³/mol. The van der Waals surface area contributed by atoms with Gasteiger partial charge in [0.05, 0.1) is 16.1 Å². The molecule has 2 aliphatic rings. The Morgan fingerprint density at radius 2 is 1.70 bits per heavy atom. The number of likely N-dealkylation sites (tertiary alicyclic amines) is 1. The molecular weight excluding hydrogens is 360 g/mol. The molecule has 2 saturated heterocycles. The maximum atomic E-state index is 12.9. The molecule has 0 bridgehead atoms. The molecule has 2 amide bonds. The van der Waals surface area contributed by atoms with Crippen LogP contribution < -0.4 is 0 Å². The number of amides is 2. The molecule has 27 heavy (non-hydrogen) atoms. The molecule has 2 fully saturated rings. The third kappa shape index (κ3) is 3.89. The van der Waals surface area contributed by atoms with E-state index in [9.17, 15) is 9.59 Å². The van der Waals surface area contributed by atoms with Crippen LogP contribution in [0.1, 0.15) is 42.4 Å². The van der Waals surface area contributed by atoms with Gasteiger partial charge in [0.2, 0.25) is 5.91 Å². The Bertz CT molecular complexity index is 795. The van der Waals surface area contributed by atoms with Gasteiger partial charge in [-0.2, -0.15) is 0 Å². The molecule has 0 saturated carbocycles. The van der Waals surface area contributed by atoms with Gasteiger partial charge < -0.3 is 14.4 Å². The van der Waals surface area contributed by atoms with E-state index in [1.54, 1.807) is 11.3 Å². The van der Waals surface area contributed by atoms with Gasteiger partial charge in [0.15, 0.2) is 0 Å². The maximum Gasteiger partial charge on any atom is 0.264 e. The van der Waals surface area contributed by atoms with E-state index in [0.29, 0.717) is 25.7 Å². The first-order chi connectivity index (χ1) is 13.0. The minimum Gasteiger partial charge on any atom is -0.350 e. The minimum atomic E-state index is 0.123. The molecule has 2 aromatic heterocycles. The number of hydrogen-bond acceptors (Lipinski definition) is 4. The zero-order valence-corrected chi connectivity index (χ0v) is 17.0. The van der Waals surface area contributed by atoms with Gasteiger partial charge in [0.25, 0.3) is 5.91 Å². The summed E-state index contributed by atoms with van der Waals surface area (Å²) >= 11 is 1.58. The number of carbonyl (C=O) groups excluding carboxylic acids is 2. The molecule has 0 unspecified atom stereocenters. The smallest absolute Gasteiger partial charge is 0.264 e. The van der Waals surface area contributed by atoms with E-state index in [2.05, 4.69) is 35.7 Å². The lowest BCUT2D eigenvalue weighted by Gasteiger charge is -2.34. The second-order valence-electron chi connectivity index (χ2n) is 7.89. The van der Waals surface area contributed by atoms with Gasteiger partial charge in [-0.15, -0.1) is 11.3 Å². The predicted octanol–water partition coefficient (Wildman–Crippen LogP) is 2.66. The summed E-state index contributed by atoms with van der Waals surface area (Å²) in [5, 5.41) is 1.15. The normalized spacial score (nSPS) is 18.8. The Hall–Kier alpha value is -1.86. The zero-order valence-electron chi connectivity index (χ0n) is 16.2. The summed E-state index contributed by atoms with van der Waals surface area (Å²) in [5.74, 6) is 0.362. The van der Waals surface area contributed by atoms with Crippen molar-refractivity contribution in [1.29, 1.82) is 0 Å². The zero-order chi connectivity index (χ0) is 19.0. The van der Waals surface area contributed by atoms with Gasteiger partial charge in [-0.3, -0.25) is 14.5 Å². The highest BCUT2D eigenvalue weighted by atomic mass is 32.1. The van der Waals surface area contributed by atoms with Gasteiger partial charge in [-0.1, -0.05) is 0 Å². The van der Waals surface area contributed by atoms with Gasteiger partial charge >= 0.3 is 0 Å². The fraction of sp³-hybridized carbons (Fsp3) is 0.600. The molecule has 0 aliphatic carbocycles. The van der Waals surface area contributed by atoms with Crippen molar-refractivity contribution in [3.8, 4) is 0 Å². The van der Waals surface area contributed by atoms with Crippen molar-refractivity contribution in [3.63, 3.8) is 0 Å². The van der Waals surface area contributed by atoms with E-state index in [1.807, 2.05) is 15.9 Å². The summed E-state index contributed by atoms with van der Waals surface area (Å²) in [7, 11) is 0. The van der Waals surface area contributed by atoms with Gasteiger partial charge in [0.1, 0.15) is 0 Å². The molecule has 6 nitrogen and oxygen atoms in total. The molecule has 0 atom stereocenters. The number of thiophene rings is 1. The summed E-state index contributed by atoms with van der Waals surface area (Å²) in [5.41, 5.74) is 0. The molecule has 0 radical (unpaired) electrons. The third-order valence-corrected chi connectivity index (χ3v) is 6.70. The lowest BCUT2D eigenvalue weighted by Crippen LogP contribution is -2.51. The number of rotatable bonds is 4. The van der Waals surface area contributed by atoms with Crippen molar-refractivity contribution in [2.75, 3.05) is 45.8 Å². The molecule has 7 heteroatoms. The van der Waals surface area contributed by atoms with Crippen LogP contribution in [-0.2, 0) is 4.79 Å². The first-order valence-electron chi connectivity index (χ1n) is 9.91. The Morgan fingerprint density at radius 1 is 1.00 bits per heavy atom. The number of fused-ring (bicyclic) bond motifs is 1. The molecule has 2 aromatic rings. The van der Waals surface area contributed by atoms with Crippen LogP contribution in [0.2, 0.25) is 0 Å². The van der Waals surface area contributed by atoms with E-state index in [4.69, 9.17) is 0 Å². The van der Waals surface area contributed by atoms with Crippen LogP contribution in [0.4, 0.5) is 0 Å². The van der Waals surface area contributed by atoms with Gasteiger partial charge in [-0.05, 0) is 32.8 Å². The topological polar surface area (TPSA) is 48.8 Å².